The normalized spacial score (nSPS) is 21.8. The molecule has 0 saturated carbocycles. The lowest BCUT2D eigenvalue weighted by Crippen LogP contribution is -2.41. The van der Waals surface area contributed by atoms with E-state index in [1.54, 1.807) is 6.92 Å². The third-order valence-corrected chi connectivity index (χ3v) is 5.64. The number of rotatable bonds is 3. The van der Waals surface area contributed by atoms with E-state index >= 15 is 0 Å². The number of thioether (sulfide) groups is 1. The molecule has 0 aliphatic carbocycles. The largest absolute Gasteiger partial charge is 0.480 e. The summed E-state index contributed by atoms with van der Waals surface area (Å²) in [6.45, 7) is 1.58. The van der Waals surface area contributed by atoms with Crippen LogP contribution >= 0.6 is 11.8 Å². The number of hydrogen-bond donors (Lipinski definition) is 2. The van der Waals surface area contributed by atoms with Crippen LogP contribution in [-0.4, -0.2) is 51.7 Å². The van der Waals surface area contributed by atoms with E-state index in [4.69, 9.17) is 5.11 Å². The molecule has 2 N–H and O–H groups in total. The van der Waals surface area contributed by atoms with Crippen LogP contribution < -0.4 is 0 Å². The van der Waals surface area contributed by atoms with Crippen molar-refractivity contribution in [1.82, 2.24) is 14.5 Å². The summed E-state index contributed by atoms with van der Waals surface area (Å²) >= 11 is 1.28. The average Bonchev–Trinajstić information content (AvgIpc) is 2.84. The molecule has 1 atom stereocenters. The smallest absolute Gasteiger partial charge is 0.322 e. The van der Waals surface area contributed by atoms with Gasteiger partial charge in [-0.25, -0.2) is 8.42 Å². The number of hydrogen-bond acceptors (Lipinski definition) is 5. The summed E-state index contributed by atoms with van der Waals surface area (Å²) < 4.78 is 25.4. The van der Waals surface area contributed by atoms with E-state index in [1.165, 1.54) is 18.0 Å². The number of aryl methyl sites for hydroxylation is 1. The molecule has 0 unspecified atom stereocenters. The lowest BCUT2D eigenvalue weighted by atomic mass is 10.4. The number of carboxylic acids is 1. The molecule has 0 amide bonds. The third kappa shape index (κ3) is 2.05. The van der Waals surface area contributed by atoms with Gasteiger partial charge in [-0.2, -0.15) is 9.40 Å². The monoisotopic (exact) mass is 277 g/mol. The Bertz CT molecular complexity index is 539. The second-order valence-corrected chi connectivity index (χ2v) is 6.46. The van der Waals surface area contributed by atoms with Crippen LogP contribution in [0, 0.1) is 6.92 Å². The predicted molar refractivity (Wildman–Crippen MR) is 61.1 cm³/mol. The van der Waals surface area contributed by atoms with Crippen LogP contribution in [0.5, 0.6) is 0 Å². The number of sulfonamides is 1. The molecule has 1 aromatic rings. The van der Waals surface area contributed by atoms with E-state index in [0.717, 1.165) is 4.31 Å². The predicted octanol–water partition coefficient (Wildman–Crippen LogP) is -0.134. The molecule has 94 valence electrons. The second kappa shape index (κ2) is 4.31. The van der Waals surface area contributed by atoms with Crippen LogP contribution in [0.25, 0.3) is 0 Å². The number of aromatic nitrogens is 2. The number of aliphatic carboxylic acids is 1. The van der Waals surface area contributed by atoms with Gasteiger partial charge in [-0.15, -0.1) is 11.8 Å². The fourth-order valence-corrected chi connectivity index (χ4v) is 4.84. The maximum atomic E-state index is 12.2. The first-order valence-corrected chi connectivity index (χ1v) is 7.36. The molecule has 1 saturated heterocycles. The maximum Gasteiger partial charge on any atom is 0.322 e. The molecule has 9 heteroatoms. The summed E-state index contributed by atoms with van der Waals surface area (Å²) in [5.41, 5.74) is 0.408. The fraction of sp³-hybridized carbons (Fsp3) is 0.500. The van der Waals surface area contributed by atoms with Crippen molar-refractivity contribution < 1.29 is 18.3 Å². The van der Waals surface area contributed by atoms with E-state index in [-0.39, 0.29) is 16.5 Å². The Balaban J connectivity index is 2.40. The molecule has 1 aromatic heterocycles. The Hall–Kier alpha value is -1.06. The Morgan fingerprint density at radius 1 is 1.71 bits per heavy atom. The minimum Gasteiger partial charge on any atom is -0.480 e. The van der Waals surface area contributed by atoms with Crippen molar-refractivity contribution in [2.45, 2.75) is 17.9 Å². The molecule has 17 heavy (non-hydrogen) atoms. The van der Waals surface area contributed by atoms with Crippen molar-refractivity contribution in [3.05, 3.63) is 11.9 Å². The molecule has 0 radical (unpaired) electrons. The molecule has 0 spiro atoms. The van der Waals surface area contributed by atoms with Crippen LogP contribution in [0.1, 0.15) is 5.69 Å². The first-order chi connectivity index (χ1) is 7.94. The number of nitrogens with zero attached hydrogens (tertiary/aromatic N) is 2. The van der Waals surface area contributed by atoms with Crippen LogP contribution in [0.3, 0.4) is 0 Å². The summed E-state index contributed by atoms with van der Waals surface area (Å²) in [7, 11) is -3.78. The third-order valence-electron chi connectivity index (χ3n) is 2.50. The zero-order valence-electron chi connectivity index (χ0n) is 8.95. The number of aromatic amines is 1. The van der Waals surface area contributed by atoms with Gasteiger partial charge in [0.1, 0.15) is 10.9 Å². The molecule has 0 bridgehead atoms. The molecule has 7 nitrogen and oxygen atoms in total. The summed E-state index contributed by atoms with van der Waals surface area (Å²) in [6.07, 6.45) is 1.20. The Kier molecular flexibility index (Phi) is 3.15. The van der Waals surface area contributed by atoms with Gasteiger partial charge < -0.3 is 5.11 Å². The minimum absolute atomic E-state index is 0.0336. The standard InChI is InChI=1S/C8H11N3O4S2/c1-5-7(2-9-10-5)17(14,15)11-4-16-3-6(11)8(12)13/h2,6H,3-4H2,1H3,(H,9,10)(H,12,13)/t6-/m0/s1. The molecule has 2 heterocycles. The number of H-pyrrole nitrogens is 1. The van der Waals surface area contributed by atoms with Gasteiger partial charge in [0.15, 0.2) is 0 Å². The SMILES string of the molecule is Cc1[nH]ncc1S(=O)(=O)N1CSC[C@H]1C(=O)O. The van der Waals surface area contributed by atoms with Crippen molar-refractivity contribution >= 4 is 27.8 Å². The van der Waals surface area contributed by atoms with Gasteiger partial charge in [0.05, 0.1) is 17.8 Å². The van der Waals surface area contributed by atoms with Crippen LogP contribution in [0.15, 0.2) is 11.1 Å². The van der Waals surface area contributed by atoms with Gasteiger partial charge in [0.25, 0.3) is 0 Å². The number of carboxylic acid groups (broad SMARTS) is 1. The van der Waals surface area contributed by atoms with Crippen LogP contribution in [0.4, 0.5) is 0 Å². The second-order valence-electron chi connectivity index (χ2n) is 3.61. The van der Waals surface area contributed by atoms with E-state index in [1.807, 2.05) is 0 Å². The molecular formula is C8H11N3O4S2. The minimum atomic E-state index is -3.78. The van der Waals surface area contributed by atoms with Crippen molar-refractivity contribution in [3.63, 3.8) is 0 Å². The topological polar surface area (TPSA) is 103 Å². The molecule has 1 aliphatic heterocycles. The summed E-state index contributed by atoms with van der Waals surface area (Å²) in [5, 5.41) is 15.1. The van der Waals surface area contributed by atoms with Gasteiger partial charge in [0.2, 0.25) is 10.0 Å². The Morgan fingerprint density at radius 3 is 2.94 bits per heavy atom. The van der Waals surface area contributed by atoms with Gasteiger partial charge in [-0.05, 0) is 6.92 Å². The summed E-state index contributed by atoms with van der Waals surface area (Å²) in [6, 6.07) is -1.00. The summed E-state index contributed by atoms with van der Waals surface area (Å²) in [5.74, 6) is -0.699. The summed E-state index contributed by atoms with van der Waals surface area (Å²) in [4.78, 5) is 11.0. The highest BCUT2D eigenvalue weighted by Gasteiger charge is 2.41. The van der Waals surface area contributed by atoms with Gasteiger partial charge in [-0.1, -0.05) is 0 Å². The quantitative estimate of drug-likeness (QED) is 0.797. The van der Waals surface area contributed by atoms with Crippen molar-refractivity contribution in [2.75, 3.05) is 11.6 Å². The molecule has 0 aromatic carbocycles. The van der Waals surface area contributed by atoms with Crippen molar-refractivity contribution in [1.29, 1.82) is 0 Å². The lowest BCUT2D eigenvalue weighted by molar-refractivity contribution is -0.140. The first kappa shape index (κ1) is 12.4. The highest BCUT2D eigenvalue weighted by Crippen LogP contribution is 2.28. The van der Waals surface area contributed by atoms with E-state index in [2.05, 4.69) is 10.2 Å². The molecular weight excluding hydrogens is 266 g/mol. The average molecular weight is 277 g/mol. The van der Waals surface area contributed by atoms with Crippen molar-refractivity contribution in [3.8, 4) is 0 Å². The van der Waals surface area contributed by atoms with Gasteiger partial charge >= 0.3 is 5.97 Å². The molecule has 1 fully saturated rings. The molecule has 2 rings (SSSR count). The molecule has 1 aliphatic rings. The highest BCUT2D eigenvalue weighted by molar-refractivity contribution is 8.00. The van der Waals surface area contributed by atoms with Gasteiger partial charge in [-0.3, -0.25) is 9.89 Å². The van der Waals surface area contributed by atoms with E-state index < -0.39 is 22.0 Å². The van der Waals surface area contributed by atoms with E-state index in [9.17, 15) is 13.2 Å². The zero-order valence-corrected chi connectivity index (χ0v) is 10.6. The Morgan fingerprint density at radius 2 is 2.41 bits per heavy atom. The van der Waals surface area contributed by atoms with Gasteiger partial charge in [0, 0.05) is 5.75 Å². The van der Waals surface area contributed by atoms with Crippen LogP contribution in [-0.2, 0) is 14.8 Å². The Labute approximate surface area is 102 Å². The van der Waals surface area contributed by atoms with Crippen LogP contribution in [0.2, 0.25) is 0 Å². The maximum absolute atomic E-state index is 12.2. The highest BCUT2D eigenvalue weighted by atomic mass is 32.2. The number of nitrogens with one attached hydrogen (secondary N) is 1. The first-order valence-electron chi connectivity index (χ1n) is 4.77. The van der Waals surface area contributed by atoms with E-state index in [0.29, 0.717) is 5.69 Å². The number of carbonyl (C=O) groups is 1. The fourth-order valence-electron chi connectivity index (χ4n) is 1.58. The van der Waals surface area contributed by atoms with Crippen molar-refractivity contribution in [2.24, 2.45) is 0 Å². The zero-order chi connectivity index (χ0) is 12.6. The lowest BCUT2D eigenvalue weighted by Gasteiger charge is -2.19.